The van der Waals surface area contributed by atoms with Gasteiger partial charge in [-0.2, -0.15) is 0 Å². The van der Waals surface area contributed by atoms with Gasteiger partial charge < -0.3 is 0 Å². The summed E-state index contributed by atoms with van der Waals surface area (Å²) in [7, 11) is 0. The molecule has 0 saturated carbocycles. The molecule has 0 atom stereocenters. The lowest BCUT2D eigenvalue weighted by Gasteiger charge is -2.05. The van der Waals surface area contributed by atoms with Crippen molar-refractivity contribution in [3.05, 3.63) is 36.5 Å². The van der Waals surface area contributed by atoms with Crippen LogP contribution in [0.4, 0.5) is 0 Å². The Morgan fingerprint density at radius 3 is 2.36 bits per heavy atom. The lowest BCUT2D eigenvalue weighted by atomic mass is 10.0. The molecule has 11 heavy (non-hydrogen) atoms. The van der Waals surface area contributed by atoms with Crippen LogP contribution in [0.5, 0.6) is 0 Å². The summed E-state index contributed by atoms with van der Waals surface area (Å²) in [6.45, 7) is 12.0. The minimum absolute atomic E-state index is 1.04. The molecule has 0 aliphatic carbocycles. The Morgan fingerprint density at radius 2 is 2.00 bits per heavy atom. The molecule has 0 aliphatic heterocycles. The lowest BCUT2D eigenvalue weighted by molar-refractivity contribution is 0.896. The Morgan fingerprint density at radius 1 is 1.36 bits per heavy atom. The van der Waals surface area contributed by atoms with Gasteiger partial charge in [-0.05, 0) is 18.4 Å². The van der Waals surface area contributed by atoms with E-state index in [1.165, 1.54) is 17.6 Å². The zero-order valence-corrected chi connectivity index (χ0v) is 7.69. The molecule has 0 aliphatic rings. The SMILES string of the molecule is C=C/C=C(/CCC)C(=C)CC. The molecule has 62 valence electrons. The summed E-state index contributed by atoms with van der Waals surface area (Å²) in [4.78, 5) is 0. The molecular weight excluding hydrogens is 132 g/mol. The van der Waals surface area contributed by atoms with Gasteiger partial charge >= 0.3 is 0 Å². The average Bonchev–Trinajstić information content (AvgIpc) is 2.03. The monoisotopic (exact) mass is 150 g/mol. The Bertz CT molecular complexity index is 161. The number of hydrogen-bond acceptors (Lipinski definition) is 0. The van der Waals surface area contributed by atoms with Gasteiger partial charge in [-0.25, -0.2) is 0 Å². The standard InChI is InChI=1S/C11H18/c1-5-8-11(9-6-2)10(4)7-3/h5,8H,1,4,6-7,9H2,2-3H3/b11-8-. The molecule has 0 rings (SSSR count). The van der Waals surface area contributed by atoms with E-state index in [1.54, 1.807) is 0 Å². The summed E-state index contributed by atoms with van der Waals surface area (Å²) in [5.41, 5.74) is 2.59. The van der Waals surface area contributed by atoms with Crippen LogP contribution in [0.1, 0.15) is 33.1 Å². The lowest BCUT2D eigenvalue weighted by Crippen LogP contribution is -1.85. The van der Waals surface area contributed by atoms with Gasteiger partial charge in [-0.15, -0.1) is 0 Å². The molecule has 0 amide bonds. The van der Waals surface area contributed by atoms with Crippen LogP contribution in [0.25, 0.3) is 0 Å². The topological polar surface area (TPSA) is 0 Å². The molecule has 0 unspecified atom stereocenters. The maximum absolute atomic E-state index is 3.99. The summed E-state index contributed by atoms with van der Waals surface area (Å²) < 4.78 is 0. The second kappa shape index (κ2) is 5.96. The van der Waals surface area contributed by atoms with Gasteiger partial charge in [0.2, 0.25) is 0 Å². The number of allylic oxidation sites excluding steroid dienone is 4. The van der Waals surface area contributed by atoms with Crippen molar-refractivity contribution in [3.8, 4) is 0 Å². The van der Waals surface area contributed by atoms with E-state index < -0.39 is 0 Å². The van der Waals surface area contributed by atoms with Gasteiger partial charge in [0, 0.05) is 0 Å². The van der Waals surface area contributed by atoms with Gasteiger partial charge in [0.25, 0.3) is 0 Å². The second-order valence-corrected chi connectivity index (χ2v) is 2.63. The van der Waals surface area contributed by atoms with Gasteiger partial charge in [0.15, 0.2) is 0 Å². The Kier molecular flexibility index (Phi) is 5.54. The van der Waals surface area contributed by atoms with E-state index in [0.29, 0.717) is 0 Å². The van der Waals surface area contributed by atoms with Crippen molar-refractivity contribution >= 4 is 0 Å². The normalized spacial score (nSPS) is 11.3. The van der Waals surface area contributed by atoms with Gasteiger partial charge in [-0.3, -0.25) is 0 Å². The largest absolute Gasteiger partial charge is 0.0991 e. The van der Waals surface area contributed by atoms with E-state index in [9.17, 15) is 0 Å². The summed E-state index contributed by atoms with van der Waals surface area (Å²) in [6, 6.07) is 0. The molecule has 0 heterocycles. The second-order valence-electron chi connectivity index (χ2n) is 2.63. The average molecular weight is 150 g/mol. The highest BCUT2D eigenvalue weighted by molar-refractivity contribution is 5.30. The first-order chi connectivity index (χ1) is 5.26. The number of hydrogen-bond donors (Lipinski definition) is 0. The van der Waals surface area contributed by atoms with Crippen LogP contribution < -0.4 is 0 Å². The van der Waals surface area contributed by atoms with Crippen LogP contribution in [0.2, 0.25) is 0 Å². The third kappa shape index (κ3) is 3.82. The van der Waals surface area contributed by atoms with Crippen molar-refractivity contribution in [1.82, 2.24) is 0 Å². The molecule has 0 nitrogen and oxygen atoms in total. The van der Waals surface area contributed by atoms with E-state index in [4.69, 9.17) is 0 Å². The van der Waals surface area contributed by atoms with Crippen molar-refractivity contribution in [3.63, 3.8) is 0 Å². The van der Waals surface area contributed by atoms with Gasteiger partial charge in [0.05, 0.1) is 0 Å². The van der Waals surface area contributed by atoms with Crippen molar-refractivity contribution in [2.75, 3.05) is 0 Å². The zero-order valence-electron chi connectivity index (χ0n) is 7.69. The Hall–Kier alpha value is -0.780. The number of rotatable bonds is 5. The van der Waals surface area contributed by atoms with Crippen LogP contribution in [0.15, 0.2) is 36.5 Å². The maximum Gasteiger partial charge on any atom is -0.0279 e. The molecule has 0 spiro atoms. The third-order valence-electron chi connectivity index (χ3n) is 1.72. The molecule has 0 radical (unpaired) electrons. The van der Waals surface area contributed by atoms with Gasteiger partial charge in [-0.1, -0.05) is 51.2 Å². The predicted octanol–water partition coefficient (Wildman–Crippen LogP) is 3.87. The zero-order chi connectivity index (χ0) is 8.69. The fourth-order valence-corrected chi connectivity index (χ4v) is 1.02. The molecule has 0 bridgehead atoms. The van der Waals surface area contributed by atoms with Crippen molar-refractivity contribution < 1.29 is 0 Å². The highest BCUT2D eigenvalue weighted by atomic mass is 14.0. The van der Waals surface area contributed by atoms with E-state index in [-0.39, 0.29) is 0 Å². The first-order valence-corrected chi connectivity index (χ1v) is 4.26. The minimum Gasteiger partial charge on any atom is -0.0991 e. The third-order valence-corrected chi connectivity index (χ3v) is 1.72. The van der Waals surface area contributed by atoms with Crippen LogP contribution in [-0.4, -0.2) is 0 Å². The smallest absolute Gasteiger partial charge is 0.0279 e. The molecule has 0 aromatic heterocycles. The summed E-state index contributed by atoms with van der Waals surface area (Å²) in [5, 5.41) is 0. The Balaban J connectivity index is 4.20. The van der Waals surface area contributed by atoms with Gasteiger partial charge in [0.1, 0.15) is 0 Å². The van der Waals surface area contributed by atoms with Crippen molar-refractivity contribution in [1.29, 1.82) is 0 Å². The molecule has 0 aromatic carbocycles. The van der Waals surface area contributed by atoms with Crippen LogP contribution in [0, 0.1) is 0 Å². The summed E-state index contributed by atoms with van der Waals surface area (Å²) in [5.74, 6) is 0. The quantitative estimate of drug-likeness (QED) is 0.522. The summed E-state index contributed by atoms with van der Waals surface area (Å²) in [6.07, 6.45) is 7.25. The van der Waals surface area contributed by atoms with Crippen LogP contribution in [-0.2, 0) is 0 Å². The van der Waals surface area contributed by atoms with E-state index in [1.807, 2.05) is 6.08 Å². The molecule has 0 saturated heterocycles. The molecule has 0 N–H and O–H groups in total. The van der Waals surface area contributed by atoms with E-state index in [0.717, 1.165) is 12.8 Å². The fraction of sp³-hybridized carbons (Fsp3) is 0.455. The predicted molar refractivity (Wildman–Crippen MR) is 52.6 cm³/mol. The van der Waals surface area contributed by atoms with Crippen LogP contribution in [0.3, 0.4) is 0 Å². The Labute approximate surface area is 70.3 Å². The highest BCUT2D eigenvalue weighted by Gasteiger charge is 1.96. The molecule has 0 aromatic rings. The molecule has 0 fully saturated rings. The fourth-order valence-electron chi connectivity index (χ4n) is 1.02. The first kappa shape index (κ1) is 10.2. The van der Waals surface area contributed by atoms with Crippen LogP contribution >= 0.6 is 0 Å². The van der Waals surface area contributed by atoms with E-state index in [2.05, 4.69) is 33.1 Å². The minimum atomic E-state index is 1.04. The molecular formula is C11H18. The van der Waals surface area contributed by atoms with Crippen molar-refractivity contribution in [2.45, 2.75) is 33.1 Å². The van der Waals surface area contributed by atoms with Crippen molar-refractivity contribution in [2.24, 2.45) is 0 Å². The first-order valence-electron chi connectivity index (χ1n) is 4.26. The van der Waals surface area contributed by atoms with E-state index >= 15 is 0 Å². The molecule has 0 heteroatoms. The maximum atomic E-state index is 3.99. The summed E-state index contributed by atoms with van der Waals surface area (Å²) >= 11 is 0. The highest BCUT2D eigenvalue weighted by Crippen LogP contribution is 2.16.